The first-order valence-corrected chi connectivity index (χ1v) is 44.2. The average molecular weight is 1810 g/mol. The SMILES string of the molecule is COC(=O)N[C@H](C(=O)N1CC(=O)C[C@H]1C1=NC=C(c2ccc(Br)cc2)C1)C(C)C.COC(=O)N[C@H](C(=O)N1CCC[C@H]1c1ncc(-c2ccc3cc(-c4ccc(-c5cnc([C@@H]6CC(=O)CN6C(=O)[C@@H](NC(=O)OC)C(C)C)[nH]5)cc4)ccc3c2)[nH]1)C(C)C.COC(=O)N[C@H](C(=O)N1CCC[C@H]1c1ncc(-c2ccc3cc(B4OC(C)(C)C(C)(C)O4)ccc3c2)[nH]1)C(C)C. The molecule has 15 rings (SSSR count). The van der Waals surface area contributed by atoms with E-state index in [1.54, 1.807) is 28.4 Å². The molecule has 0 saturated carbocycles. The smallest absolute Gasteiger partial charge is 0.453 e. The first-order valence-electron chi connectivity index (χ1n) is 43.4. The van der Waals surface area contributed by atoms with Crippen molar-refractivity contribution in [1.29, 1.82) is 0 Å². The molecule has 3 aromatic heterocycles. The number of methoxy groups -OCH3 is 4. The van der Waals surface area contributed by atoms with Crippen molar-refractivity contribution in [2.24, 2.45) is 28.7 Å². The second-order valence-electron chi connectivity index (χ2n) is 35.5. The van der Waals surface area contributed by atoms with Gasteiger partial charge in [-0.3, -0.25) is 33.8 Å². The molecular weight excluding hydrogens is 1700 g/mol. The Hall–Kier alpha value is -12.4. The Morgan fingerprint density at radius 1 is 0.438 bits per heavy atom. The summed E-state index contributed by atoms with van der Waals surface area (Å²) < 4.78 is 32.3. The summed E-state index contributed by atoms with van der Waals surface area (Å²) in [5.41, 5.74) is 10.6. The number of rotatable bonds is 22. The van der Waals surface area contributed by atoms with Gasteiger partial charge in [0, 0.05) is 59.9 Å². The van der Waals surface area contributed by atoms with E-state index in [0.29, 0.717) is 31.2 Å². The number of carbonyl (C=O) groups excluding carboxylic acids is 10. The average Bonchev–Trinajstić information content (AvgIpc) is 1.61. The molecule has 9 heterocycles. The molecule has 0 spiro atoms. The molecule has 6 aromatic carbocycles. The van der Waals surface area contributed by atoms with E-state index in [1.165, 1.54) is 33.3 Å². The van der Waals surface area contributed by atoms with Crippen molar-refractivity contribution >= 4 is 121 Å². The molecule has 8 atom stereocenters. The third-order valence-corrected chi connectivity index (χ3v) is 25.5. The maximum Gasteiger partial charge on any atom is 0.494 e. The molecule has 33 heteroatoms. The van der Waals surface area contributed by atoms with Crippen LogP contribution in [0.25, 0.3) is 72.0 Å². The highest BCUT2D eigenvalue weighted by Crippen LogP contribution is 2.41. The van der Waals surface area contributed by atoms with Gasteiger partial charge in [-0.25, -0.2) is 34.1 Å². The number of nitrogens with zero attached hydrogens (tertiary/aromatic N) is 8. The van der Waals surface area contributed by atoms with Gasteiger partial charge in [0.2, 0.25) is 23.6 Å². The van der Waals surface area contributed by atoms with Gasteiger partial charge in [-0.15, -0.1) is 0 Å². The monoisotopic (exact) mass is 1810 g/mol. The molecule has 6 aliphatic heterocycles. The largest absolute Gasteiger partial charge is 0.494 e. The number of nitrogens with one attached hydrogen (secondary N) is 7. The first-order chi connectivity index (χ1) is 61.0. The molecule has 31 nitrogen and oxygen atoms in total. The molecule has 674 valence electrons. The number of hydrogen-bond acceptors (Lipinski definition) is 20. The quantitative estimate of drug-likeness (QED) is 0.0245. The summed E-state index contributed by atoms with van der Waals surface area (Å²) in [6.45, 7) is 24.3. The van der Waals surface area contributed by atoms with E-state index in [4.69, 9.17) is 28.5 Å². The summed E-state index contributed by atoms with van der Waals surface area (Å²) in [5, 5.41) is 14.9. The zero-order valence-corrected chi connectivity index (χ0v) is 76.7. The fraction of sp³-hybridized carbons (Fsp3) is 0.432. The fourth-order valence-corrected chi connectivity index (χ4v) is 17.2. The molecule has 7 N–H and O–H groups in total. The second kappa shape index (κ2) is 39.9. The number of benzene rings is 6. The van der Waals surface area contributed by atoms with Crippen LogP contribution in [0.15, 0.2) is 156 Å². The number of halogens is 1. The molecule has 5 fully saturated rings. The number of aromatic nitrogens is 6. The third-order valence-electron chi connectivity index (χ3n) is 25.0. The van der Waals surface area contributed by atoms with Crippen LogP contribution in [0.2, 0.25) is 0 Å². The number of ether oxygens (including phenoxy) is 4. The van der Waals surface area contributed by atoms with Crippen molar-refractivity contribution in [2.75, 3.05) is 54.6 Å². The summed E-state index contributed by atoms with van der Waals surface area (Å²) >= 11 is 3.43. The zero-order chi connectivity index (χ0) is 91.9. The van der Waals surface area contributed by atoms with Crippen LogP contribution in [0.4, 0.5) is 19.2 Å². The number of carbonyl (C=O) groups is 10. The van der Waals surface area contributed by atoms with Crippen molar-refractivity contribution in [3.8, 4) is 44.9 Å². The van der Waals surface area contributed by atoms with Crippen LogP contribution in [-0.2, 0) is 57.0 Å². The number of H-pyrrole nitrogens is 3. The Labute approximate surface area is 753 Å². The van der Waals surface area contributed by atoms with Crippen LogP contribution in [0, 0.1) is 23.7 Å². The number of imidazole rings is 3. The highest BCUT2D eigenvalue weighted by molar-refractivity contribution is 9.10. The van der Waals surface area contributed by atoms with E-state index < -0.39 is 61.7 Å². The summed E-state index contributed by atoms with van der Waals surface area (Å²) in [4.78, 5) is 161. The minimum Gasteiger partial charge on any atom is -0.453 e. The predicted octanol–water partition coefficient (Wildman–Crippen LogP) is 14.3. The minimum atomic E-state index is -0.851. The molecule has 8 amide bonds. The molecule has 5 saturated heterocycles. The number of aromatic amines is 3. The van der Waals surface area contributed by atoms with Gasteiger partial charge in [-0.1, -0.05) is 162 Å². The molecule has 128 heavy (non-hydrogen) atoms. The lowest BCUT2D eigenvalue weighted by molar-refractivity contribution is -0.136. The normalized spacial score (nSPS) is 19.1. The lowest BCUT2D eigenvalue weighted by Crippen LogP contribution is -2.53. The predicted molar refractivity (Wildman–Crippen MR) is 489 cm³/mol. The number of allylic oxidation sites excluding steroid dienone is 1. The summed E-state index contributed by atoms with van der Waals surface area (Å²) in [7, 11) is 4.67. The van der Waals surface area contributed by atoms with Crippen molar-refractivity contribution in [2.45, 2.75) is 188 Å². The van der Waals surface area contributed by atoms with Gasteiger partial charge >= 0.3 is 31.5 Å². The number of aliphatic imine (C=N–C) groups is 1. The molecule has 0 aliphatic carbocycles. The lowest BCUT2D eigenvalue weighted by Gasteiger charge is -2.32. The van der Waals surface area contributed by atoms with E-state index in [1.807, 2.05) is 115 Å². The van der Waals surface area contributed by atoms with Crippen LogP contribution in [-0.4, -0.2) is 218 Å². The molecule has 0 unspecified atom stereocenters. The van der Waals surface area contributed by atoms with Gasteiger partial charge in [-0.2, -0.15) is 0 Å². The number of likely N-dealkylation sites (tertiary alicyclic amines) is 4. The standard InChI is InChI=1S/C44H50N8O7.C30H39BN4O5.C21H24BrN3O4/c1-24(2)37(49-43(56)58-5)41(54)51-17-7-8-35(51)39-45-22-34(48-39)31-16-15-29-18-28(13-14-30(29)19-31)26-9-11-27(12-10-26)33-21-46-40(47-33)36-20-32(53)23-52(36)42(55)38(25(3)4)50-44(57)59-6;1-18(2)25(34-28(37)38-7)27(36)35-14-8-9-24(35)26-32-17-23(33-26)21-11-10-20-16-22(13-12-19(20)15-21)31-39-29(3,4)30(5,6)40-31;1-12(2)19(24-21(28)29-3)20(27)25-11-16(26)9-18(25)17-8-14(10-23-17)13-4-6-15(22)7-5-13/h9-16,18-19,21-22,24-25,35-38H,7-8,17,20,23H2,1-6H3,(H,45,48)(H,46,47)(H,49,56)(H,50,57);10-13,15-18,24-25H,8-9,14H2,1-7H3,(H,32,33)(H,34,37);4-7,10,12,18-19H,8-9,11H2,1-3H3,(H,24,28)/t35-,36-,37-,38-;24-,25-;18-,19-/m000/s1. The van der Waals surface area contributed by atoms with Crippen LogP contribution in [0.3, 0.4) is 0 Å². The van der Waals surface area contributed by atoms with Crippen molar-refractivity contribution in [1.82, 2.24) is 70.8 Å². The van der Waals surface area contributed by atoms with Gasteiger partial charge < -0.3 is 84.1 Å². The Balaban J connectivity index is 0.000000176. The third kappa shape index (κ3) is 20.9. The van der Waals surface area contributed by atoms with Gasteiger partial charge in [0.1, 0.15) is 41.6 Å². The highest BCUT2D eigenvalue weighted by Gasteiger charge is 2.52. The van der Waals surface area contributed by atoms with Gasteiger partial charge in [-0.05, 0) is 162 Å². The summed E-state index contributed by atoms with van der Waals surface area (Å²) in [5.74, 6) is 0.382. The van der Waals surface area contributed by atoms with Crippen LogP contribution >= 0.6 is 15.9 Å². The molecule has 0 bridgehead atoms. The second-order valence-corrected chi connectivity index (χ2v) is 36.4. The summed E-state index contributed by atoms with van der Waals surface area (Å²) in [6, 6.07) is 36.9. The number of Topliss-reactive ketones (excluding diaryl/α,β-unsaturated/α-hetero) is 2. The van der Waals surface area contributed by atoms with Crippen LogP contribution in [0.1, 0.15) is 169 Å². The molecule has 0 radical (unpaired) electrons. The Bertz CT molecular complexity index is 5690. The van der Waals surface area contributed by atoms with Crippen molar-refractivity contribution in [3.63, 3.8) is 0 Å². The Morgan fingerprint density at radius 3 is 1.20 bits per heavy atom. The minimum absolute atomic E-state index is 0.0104. The van der Waals surface area contributed by atoms with E-state index >= 15 is 0 Å². The van der Waals surface area contributed by atoms with Gasteiger partial charge in [0.25, 0.3) is 0 Å². The Kier molecular flexibility index (Phi) is 29.1. The zero-order valence-electron chi connectivity index (χ0n) is 75.1. The summed E-state index contributed by atoms with van der Waals surface area (Å²) in [6.07, 6.45) is 8.76. The molecule has 9 aromatic rings. The molecular formula is C95H113BBrN15O16. The van der Waals surface area contributed by atoms with E-state index in [2.05, 4.69) is 172 Å². The number of amides is 8. The van der Waals surface area contributed by atoms with Gasteiger partial charge in [0.15, 0.2) is 11.6 Å². The highest BCUT2D eigenvalue weighted by atomic mass is 79.9. The van der Waals surface area contributed by atoms with Crippen LogP contribution in [0.5, 0.6) is 0 Å². The number of ketones is 2. The van der Waals surface area contributed by atoms with E-state index in [-0.39, 0.29) is 114 Å². The van der Waals surface area contributed by atoms with Crippen molar-refractivity contribution < 1.29 is 76.2 Å². The number of fused-ring (bicyclic) bond motifs is 2. The molecule has 6 aliphatic rings. The fourth-order valence-electron chi connectivity index (χ4n) is 17.0. The maximum atomic E-state index is 13.6. The maximum absolute atomic E-state index is 13.6. The van der Waals surface area contributed by atoms with Crippen LogP contribution < -0.4 is 26.7 Å². The van der Waals surface area contributed by atoms with Gasteiger partial charge in [0.05, 0.1) is 113 Å². The lowest BCUT2D eigenvalue weighted by atomic mass is 9.78. The van der Waals surface area contributed by atoms with E-state index in [0.717, 1.165) is 125 Å². The number of alkyl carbamates (subject to hydrolysis) is 4. The number of hydrogen-bond donors (Lipinski definition) is 7. The van der Waals surface area contributed by atoms with E-state index in [9.17, 15) is 47.9 Å². The first kappa shape index (κ1) is 93.3. The van der Waals surface area contributed by atoms with Crippen molar-refractivity contribution in [3.05, 3.63) is 174 Å². The topological polar surface area (TPSA) is 386 Å². The Morgan fingerprint density at radius 2 is 0.781 bits per heavy atom.